The van der Waals surface area contributed by atoms with Crippen molar-refractivity contribution in [3.63, 3.8) is 0 Å². The highest BCUT2D eigenvalue weighted by Gasteiger charge is 1.94. The van der Waals surface area contributed by atoms with Crippen LogP contribution in [0.1, 0.15) is 33.4 Å². The monoisotopic (exact) mass is 204 g/mol. The number of aryl methyl sites for hydroxylation is 1. The second kappa shape index (κ2) is 7.92. The zero-order chi connectivity index (χ0) is 11.7. The third kappa shape index (κ3) is 3.66. The van der Waals surface area contributed by atoms with Crippen molar-refractivity contribution in [2.75, 3.05) is 0 Å². The third-order valence-corrected chi connectivity index (χ3v) is 1.77. The molecule has 0 atom stereocenters. The molecule has 0 saturated heterocycles. The van der Waals surface area contributed by atoms with E-state index < -0.39 is 0 Å². The summed E-state index contributed by atoms with van der Waals surface area (Å²) in [6.45, 7) is 9.99. The van der Waals surface area contributed by atoms with E-state index in [-0.39, 0.29) is 0 Å². The predicted molar refractivity (Wildman–Crippen MR) is 67.0 cm³/mol. The normalized spacial score (nSPS) is 8.33. The Morgan fingerprint density at radius 2 is 1.53 bits per heavy atom. The third-order valence-electron chi connectivity index (χ3n) is 1.77. The van der Waals surface area contributed by atoms with Crippen LogP contribution in [0.4, 0.5) is 0 Å². The average molecular weight is 204 g/mol. The Labute approximate surface area is 92.4 Å². The Bertz CT molecular complexity index is 378. The molecule has 0 aliphatic heterocycles. The van der Waals surface area contributed by atoms with Crippen molar-refractivity contribution in [3.05, 3.63) is 36.4 Å². The highest BCUT2D eigenvalue weighted by molar-refractivity contribution is 5.82. The van der Waals surface area contributed by atoms with E-state index in [1.807, 2.05) is 59.1 Å². The van der Waals surface area contributed by atoms with Gasteiger partial charge in [-0.15, -0.1) is 0 Å². The maximum atomic E-state index is 4.17. The van der Waals surface area contributed by atoms with E-state index in [0.717, 1.165) is 11.1 Å². The van der Waals surface area contributed by atoms with Crippen molar-refractivity contribution in [3.8, 4) is 0 Å². The molecule has 0 fully saturated rings. The zero-order valence-corrected chi connectivity index (χ0v) is 10.3. The summed E-state index contributed by atoms with van der Waals surface area (Å²) in [5.41, 5.74) is 1.04. The zero-order valence-electron chi connectivity index (χ0n) is 10.3. The molecule has 2 aromatic heterocycles. The number of hydrogen-bond donors (Lipinski definition) is 0. The molecule has 0 amide bonds. The van der Waals surface area contributed by atoms with Crippen LogP contribution in [-0.2, 0) is 0 Å². The molecule has 0 aromatic carbocycles. The molecule has 2 heteroatoms. The summed E-state index contributed by atoms with van der Waals surface area (Å²) < 4.78 is 0. The van der Waals surface area contributed by atoms with Crippen LogP contribution < -0.4 is 0 Å². The van der Waals surface area contributed by atoms with Gasteiger partial charge < -0.3 is 0 Å². The predicted octanol–water partition coefficient (Wildman–Crippen LogP) is 3.99. The Morgan fingerprint density at radius 3 is 2.13 bits per heavy atom. The molecule has 0 spiro atoms. The fourth-order valence-electron chi connectivity index (χ4n) is 1.15. The summed E-state index contributed by atoms with van der Waals surface area (Å²) >= 11 is 0. The summed E-state index contributed by atoms with van der Waals surface area (Å²) in [4.78, 5) is 8.20. The van der Waals surface area contributed by atoms with E-state index in [1.165, 1.54) is 5.39 Å². The van der Waals surface area contributed by atoms with E-state index in [4.69, 9.17) is 0 Å². The minimum absolute atomic E-state index is 1.04. The van der Waals surface area contributed by atoms with Crippen LogP contribution >= 0.6 is 0 Å². The van der Waals surface area contributed by atoms with Crippen molar-refractivity contribution in [2.24, 2.45) is 0 Å². The molecule has 0 unspecified atom stereocenters. The minimum Gasteiger partial charge on any atom is -0.264 e. The lowest BCUT2D eigenvalue weighted by Crippen LogP contribution is -1.82. The molecule has 0 radical (unpaired) electrons. The second-order valence-corrected chi connectivity index (χ2v) is 2.49. The van der Waals surface area contributed by atoms with Crippen LogP contribution in [0.3, 0.4) is 0 Å². The van der Waals surface area contributed by atoms with Crippen molar-refractivity contribution < 1.29 is 0 Å². The van der Waals surface area contributed by atoms with E-state index in [0.29, 0.717) is 0 Å². The standard InChI is InChI=1S/C9H8N2.2C2H6/c1-7-9-6-10-4-2-8(9)3-5-11-7;2*1-2/h2-6H,1H3;2*1-2H3. The molecule has 0 aliphatic carbocycles. The first-order valence-corrected chi connectivity index (χ1v) is 5.53. The first kappa shape index (κ1) is 13.6. The molecule has 2 heterocycles. The van der Waals surface area contributed by atoms with Crippen LogP contribution in [0.15, 0.2) is 30.7 Å². The summed E-state index contributed by atoms with van der Waals surface area (Å²) in [7, 11) is 0. The van der Waals surface area contributed by atoms with Crippen LogP contribution in [0.5, 0.6) is 0 Å². The average Bonchev–Trinajstić information content (AvgIpc) is 2.35. The molecule has 2 aromatic rings. The highest BCUT2D eigenvalue weighted by atomic mass is 14.7. The molecule has 0 saturated carbocycles. The van der Waals surface area contributed by atoms with Gasteiger partial charge in [-0.05, 0) is 24.4 Å². The molecule has 2 nitrogen and oxygen atoms in total. The molecular formula is C13H20N2. The van der Waals surface area contributed by atoms with E-state index in [9.17, 15) is 0 Å². The van der Waals surface area contributed by atoms with E-state index >= 15 is 0 Å². The van der Waals surface area contributed by atoms with Gasteiger partial charge in [-0.3, -0.25) is 9.97 Å². The van der Waals surface area contributed by atoms with Crippen molar-refractivity contribution in [1.82, 2.24) is 9.97 Å². The Balaban J connectivity index is 0.000000442. The van der Waals surface area contributed by atoms with Gasteiger partial charge in [0, 0.05) is 29.7 Å². The summed E-state index contributed by atoms with van der Waals surface area (Å²) in [6, 6.07) is 3.98. The number of pyridine rings is 2. The molecule has 82 valence electrons. The fraction of sp³-hybridized carbons (Fsp3) is 0.385. The van der Waals surface area contributed by atoms with Crippen LogP contribution in [0.2, 0.25) is 0 Å². The smallest absolute Gasteiger partial charge is 0.0466 e. The molecular weight excluding hydrogens is 184 g/mol. The lowest BCUT2D eigenvalue weighted by Gasteiger charge is -1.97. The van der Waals surface area contributed by atoms with Crippen molar-refractivity contribution >= 4 is 10.8 Å². The van der Waals surface area contributed by atoms with Gasteiger partial charge in [-0.1, -0.05) is 27.7 Å². The molecule has 2 rings (SSSR count). The van der Waals surface area contributed by atoms with Gasteiger partial charge in [0.25, 0.3) is 0 Å². The van der Waals surface area contributed by atoms with E-state index in [1.54, 1.807) is 6.20 Å². The maximum Gasteiger partial charge on any atom is 0.0466 e. The van der Waals surface area contributed by atoms with Gasteiger partial charge in [0.15, 0.2) is 0 Å². The van der Waals surface area contributed by atoms with Crippen LogP contribution in [-0.4, -0.2) is 9.97 Å². The molecule has 0 bridgehead atoms. The van der Waals surface area contributed by atoms with Crippen molar-refractivity contribution in [1.29, 1.82) is 0 Å². The minimum atomic E-state index is 1.04. The number of fused-ring (bicyclic) bond motifs is 1. The fourth-order valence-corrected chi connectivity index (χ4v) is 1.15. The lowest BCUT2D eigenvalue weighted by molar-refractivity contribution is 1.22. The molecule has 0 N–H and O–H groups in total. The van der Waals surface area contributed by atoms with Gasteiger partial charge in [0.1, 0.15) is 0 Å². The quantitative estimate of drug-likeness (QED) is 0.648. The molecule has 15 heavy (non-hydrogen) atoms. The Hall–Kier alpha value is -1.44. The summed E-state index contributed by atoms with van der Waals surface area (Å²) in [6.07, 6.45) is 5.46. The van der Waals surface area contributed by atoms with E-state index in [2.05, 4.69) is 9.97 Å². The van der Waals surface area contributed by atoms with Crippen molar-refractivity contribution in [2.45, 2.75) is 34.6 Å². The number of rotatable bonds is 0. The van der Waals surface area contributed by atoms with Crippen LogP contribution in [0, 0.1) is 6.92 Å². The molecule has 0 aliphatic rings. The first-order chi connectivity index (χ1) is 7.38. The first-order valence-electron chi connectivity index (χ1n) is 5.53. The number of aromatic nitrogens is 2. The number of hydrogen-bond acceptors (Lipinski definition) is 2. The summed E-state index contributed by atoms with van der Waals surface area (Å²) in [5, 5.41) is 2.34. The van der Waals surface area contributed by atoms with Gasteiger partial charge in [-0.2, -0.15) is 0 Å². The topological polar surface area (TPSA) is 25.8 Å². The van der Waals surface area contributed by atoms with Gasteiger partial charge in [-0.25, -0.2) is 0 Å². The maximum absolute atomic E-state index is 4.17. The SMILES string of the molecule is CC.CC.Cc1nccc2ccncc12. The lowest BCUT2D eigenvalue weighted by atomic mass is 10.2. The number of nitrogens with zero attached hydrogens (tertiary/aromatic N) is 2. The van der Waals surface area contributed by atoms with Gasteiger partial charge in [0.05, 0.1) is 0 Å². The second-order valence-electron chi connectivity index (χ2n) is 2.49. The largest absolute Gasteiger partial charge is 0.264 e. The Morgan fingerprint density at radius 1 is 0.933 bits per heavy atom. The van der Waals surface area contributed by atoms with Gasteiger partial charge >= 0.3 is 0 Å². The highest BCUT2D eigenvalue weighted by Crippen LogP contribution is 2.12. The Kier molecular flexibility index (Phi) is 7.16. The van der Waals surface area contributed by atoms with Crippen LogP contribution in [0.25, 0.3) is 10.8 Å². The van der Waals surface area contributed by atoms with Gasteiger partial charge in [0.2, 0.25) is 0 Å². The summed E-state index contributed by atoms with van der Waals surface area (Å²) in [5.74, 6) is 0.